The van der Waals surface area contributed by atoms with Crippen molar-refractivity contribution in [2.75, 3.05) is 4.90 Å². The van der Waals surface area contributed by atoms with Gasteiger partial charge in [0.15, 0.2) is 0 Å². The standard InChI is InChI=1S/C58H37NO/c1-3-16-46-40(13-1)34-35-51-47(20-10-21-50(46)51)41-28-26-38(27-29-41)43-14-9-15-45(36-43)59(55-23-11-25-57-58(55)52-19-6-8-24-56(52)60-57)54-22-7-5-18-49(54)44-33-32-42-31-30-39-12-2-4-17-48(39)53(42)37-44/h1-37H. The number of rotatable bonds is 6. The monoisotopic (exact) mass is 763 g/mol. The Morgan fingerprint density at radius 1 is 0.283 bits per heavy atom. The van der Waals surface area contributed by atoms with Crippen LogP contribution < -0.4 is 4.90 Å². The third-order valence-electron chi connectivity index (χ3n) is 12.2. The van der Waals surface area contributed by atoms with Gasteiger partial charge in [0.25, 0.3) is 0 Å². The molecule has 0 radical (unpaired) electrons. The Morgan fingerprint density at radius 2 is 0.850 bits per heavy atom. The normalized spacial score (nSPS) is 11.7. The zero-order valence-electron chi connectivity index (χ0n) is 32.7. The van der Waals surface area contributed by atoms with Crippen molar-refractivity contribution >= 4 is 82.1 Å². The van der Waals surface area contributed by atoms with Crippen molar-refractivity contribution in [3.63, 3.8) is 0 Å². The molecule has 0 aliphatic carbocycles. The van der Waals surface area contributed by atoms with Gasteiger partial charge in [-0.1, -0.05) is 182 Å². The summed E-state index contributed by atoms with van der Waals surface area (Å²) in [6.07, 6.45) is 0. The maximum Gasteiger partial charge on any atom is 0.137 e. The quantitative estimate of drug-likeness (QED) is 0.157. The van der Waals surface area contributed by atoms with E-state index in [1.807, 2.05) is 6.07 Å². The molecule has 0 N–H and O–H groups in total. The lowest BCUT2D eigenvalue weighted by molar-refractivity contribution is 0.669. The summed E-state index contributed by atoms with van der Waals surface area (Å²) in [7, 11) is 0. The molecule has 1 aromatic heterocycles. The molecule has 0 bridgehead atoms. The van der Waals surface area contributed by atoms with Crippen LogP contribution in [0.1, 0.15) is 0 Å². The van der Waals surface area contributed by atoms with E-state index in [1.54, 1.807) is 0 Å². The van der Waals surface area contributed by atoms with E-state index < -0.39 is 0 Å². The van der Waals surface area contributed by atoms with E-state index in [1.165, 1.54) is 54.2 Å². The predicted octanol–water partition coefficient (Wildman–Crippen LogP) is 16.7. The van der Waals surface area contributed by atoms with Gasteiger partial charge in [0.2, 0.25) is 0 Å². The minimum absolute atomic E-state index is 0.863. The fraction of sp³-hybridized carbons (Fsp3) is 0. The van der Waals surface area contributed by atoms with Gasteiger partial charge in [-0.3, -0.25) is 0 Å². The molecule has 280 valence electrons. The van der Waals surface area contributed by atoms with Crippen LogP contribution in [0.4, 0.5) is 17.1 Å². The van der Waals surface area contributed by atoms with E-state index in [0.717, 1.165) is 61.3 Å². The van der Waals surface area contributed by atoms with E-state index in [9.17, 15) is 0 Å². The summed E-state index contributed by atoms with van der Waals surface area (Å²) in [6, 6.07) is 81.3. The first kappa shape index (κ1) is 34.1. The van der Waals surface area contributed by atoms with Crippen LogP contribution >= 0.6 is 0 Å². The molecule has 0 fully saturated rings. The molecule has 60 heavy (non-hydrogen) atoms. The van der Waals surface area contributed by atoms with Crippen LogP contribution in [0.5, 0.6) is 0 Å². The highest BCUT2D eigenvalue weighted by Gasteiger charge is 2.22. The number of para-hydroxylation sites is 2. The SMILES string of the molecule is c1cc(-c2ccc(-c3cccc4c3ccc3ccccc34)cc2)cc(N(c2ccccc2-c2ccc3ccc4ccccc4c3c2)c2cccc3oc4ccccc4c23)c1. The largest absolute Gasteiger partial charge is 0.456 e. The second kappa shape index (κ2) is 13.9. The Morgan fingerprint density at radius 3 is 1.70 bits per heavy atom. The van der Waals surface area contributed by atoms with Crippen LogP contribution in [-0.4, -0.2) is 0 Å². The summed E-state index contributed by atoms with van der Waals surface area (Å²) in [6.45, 7) is 0. The highest BCUT2D eigenvalue weighted by molar-refractivity contribution is 6.15. The Hall–Kier alpha value is -7.94. The van der Waals surface area contributed by atoms with Gasteiger partial charge < -0.3 is 9.32 Å². The first-order valence-corrected chi connectivity index (χ1v) is 20.6. The van der Waals surface area contributed by atoms with Crippen molar-refractivity contribution in [1.82, 2.24) is 0 Å². The van der Waals surface area contributed by atoms with Crippen molar-refractivity contribution in [2.24, 2.45) is 0 Å². The lowest BCUT2D eigenvalue weighted by Gasteiger charge is -2.29. The van der Waals surface area contributed by atoms with Crippen molar-refractivity contribution in [3.8, 4) is 33.4 Å². The van der Waals surface area contributed by atoms with E-state index >= 15 is 0 Å². The summed E-state index contributed by atoms with van der Waals surface area (Å²) >= 11 is 0. The molecule has 0 saturated carbocycles. The Labute approximate surface area is 347 Å². The van der Waals surface area contributed by atoms with E-state index in [2.05, 4.69) is 223 Å². The molecule has 0 aliphatic rings. The van der Waals surface area contributed by atoms with Crippen LogP contribution in [-0.2, 0) is 0 Å². The molecular formula is C58H37NO. The summed E-state index contributed by atoms with van der Waals surface area (Å²) in [5.74, 6) is 0. The fourth-order valence-electron chi connectivity index (χ4n) is 9.39. The second-order valence-corrected chi connectivity index (χ2v) is 15.6. The molecule has 0 unspecified atom stereocenters. The molecular weight excluding hydrogens is 727 g/mol. The average Bonchev–Trinajstić information content (AvgIpc) is 3.71. The summed E-state index contributed by atoms with van der Waals surface area (Å²) < 4.78 is 6.48. The Bertz CT molecular complexity index is 3610. The van der Waals surface area contributed by atoms with Gasteiger partial charge >= 0.3 is 0 Å². The molecule has 0 saturated heterocycles. The Balaban J connectivity index is 1.02. The van der Waals surface area contributed by atoms with Gasteiger partial charge in [-0.25, -0.2) is 0 Å². The molecule has 0 atom stereocenters. The van der Waals surface area contributed by atoms with Crippen molar-refractivity contribution in [1.29, 1.82) is 0 Å². The number of furan rings is 1. The highest BCUT2D eigenvalue weighted by atomic mass is 16.3. The van der Waals surface area contributed by atoms with Gasteiger partial charge in [0.1, 0.15) is 11.2 Å². The minimum Gasteiger partial charge on any atom is -0.456 e. The third-order valence-corrected chi connectivity index (χ3v) is 12.2. The summed E-state index contributed by atoms with van der Waals surface area (Å²) in [5.41, 5.74) is 12.0. The lowest BCUT2D eigenvalue weighted by atomic mass is 9.93. The average molecular weight is 764 g/mol. The van der Waals surface area contributed by atoms with Crippen molar-refractivity contribution in [2.45, 2.75) is 0 Å². The van der Waals surface area contributed by atoms with Crippen LogP contribution in [0, 0.1) is 0 Å². The van der Waals surface area contributed by atoms with Gasteiger partial charge in [0.05, 0.1) is 16.8 Å². The van der Waals surface area contributed by atoms with Gasteiger partial charge in [-0.2, -0.15) is 0 Å². The molecule has 2 nitrogen and oxygen atoms in total. The minimum atomic E-state index is 0.863. The van der Waals surface area contributed by atoms with E-state index in [4.69, 9.17) is 4.42 Å². The maximum atomic E-state index is 6.48. The number of benzene rings is 11. The molecule has 0 aliphatic heterocycles. The first-order chi connectivity index (χ1) is 29.7. The number of nitrogens with zero attached hydrogens (tertiary/aromatic N) is 1. The summed E-state index contributed by atoms with van der Waals surface area (Å²) in [5, 5.41) is 12.2. The molecule has 12 rings (SSSR count). The lowest BCUT2D eigenvalue weighted by Crippen LogP contribution is -2.11. The van der Waals surface area contributed by atoms with Crippen LogP contribution in [0.2, 0.25) is 0 Å². The van der Waals surface area contributed by atoms with Crippen LogP contribution in [0.3, 0.4) is 0 Å². The number of hydrogen-bond donors (Lipinski definition) is 0. The molecule has 0 amide bonds. The Kier molecular flexibility index (Phi) is 7.89. The second-order valence-electron chi connectivity index (χ2n) is 15.6. The maximum absolute atomic E-state index is 6.48. The van der Waals surface area contributed by atoms with Gasteiger partial charge in [-0.05, 0) is 113 Å². The molecule has 1 heterocycles. The van der Waals surface area contributed by atoms with Crippen molar-refractivity contribution < 1.29 is 4.42 Å². The smallest absolute Gasteiger partial charge is 0.137 e. The van der Waals surface area contributed by atoms with Gasteiger partial charge in [0, 0.05) is 16.6 Å². The number of hydrogen-bond acceptors (Lipinski definition) is 2. The first-order valence-electron chi connectivity index (χ1n) is 20.6. The molecule has 0 spiro atoms. The van der Waals surface area contributed by atoms with E-state index in [0.29, 0.717) is 0 Å². The zero-order valence-corrected chi connectivity index (χ0v) is 32.7. The number of fused-ring (bicyclic) bond motifs is 9. The topological polar surface area (TPSA) is 16.4 Å². The van der Waals surface area contributed by atoms with Gasteiger partial charge in [-0.15, -0.1) is 0 Å². The summed E-state index contributed by atoms with van der Waals surface area (Å²) in [4.78, 5) is 2.42. The van der Waals surface area contributed by atoms with Crippen LogP contribution in [0.25, 0.3) is 98.4 Å². The highest BCUT2D eigenvalue weighted by Crippen LogP contribution is 2.47. The van der Waals surface area contributed by atoms with Crippen LogP contribution in [0.15, 0.2) is 229 Å². The third kappa shape index (κ3) is 5.57. The van der Waals surface area contributed by atoms with Crippen molar-refractivity contribution in [3.05, 3.63) is 224 Å². The molecule has 12 aromatic rings. The molecule has 11 aromatic carbocycles. The van der Waals surface area contributed by atoms with E-state index in [-0.39, 0.29) is 0 Å². The molecule has 2 heteroatoms. The fourth-order valence-corrected chi connectivity index (χ4v) is 9.39. The number of anilines is 3. The zero-order chi connectivity index (χ0) is 39.6. The predicted molar refractivity (Wildman–Crippen MR) is 255 cm³/mol.